The summed E-state index contributed by atoms with van der Waals surface area (Å²) in [5.74, 6) is -0.381. The zero-order valence-corrected chi connectivity index (χ0v) is 26.2. The van der Waals surface area contributed by atoms with E-state index in [4.69, 9.17) is 9.57 Å². The zero-order chi connectivity index (χ0) is 31.1. The molecule has 2 heterocycles. The van der Waals surface area contributed by atoms with Gasteiger partial charge in [0.05, 0.1) is 30.0 Å². The van der Waals surface area contributed by atoms with Crippen molar-refractivity contribution >= 4 is 39.3 Å². The SMILES string of the molecule is C=CCCCCC/C(=N\OC(=O)c1ccccc1)c1ccc2c(c1)c1cc(C(=O)C(C)(C)N3CCOCC3)ccc1n2CC. The van der Waals surface area contributed by atoms with Crippen LogP contribution in [0.15, 0.2) is 84.5 Å². The smallest absolute Gasteiger partial charge is 0.365 e. The molecule has 7 heteroatoms. The third kappa shape index (κ3) is 6.69. The average molecular weight is 594 g/mol. The fourth-order valence-corrected chi connectivity index (χ4v) is 6.11. The standard InChI is InChI=1S/C37H43N3O4/c1-5-7-8-9-13-16-32(38-44-36(42)27-14-11-10-12-15-27)28-17-19-33-30(25-28)31-26-29(18-20-34(31)40(33)6-2)35(41)37(3,4)39-21-23-43-24-22-39/h5,10-12,14-15,17-20,25-26H,1,6-9,13,16,21-24H2,2-4H3/b38-32+. The van der Waals surface area contributed by atoms with Crippen LogP contribution in [0.4, 0.5) is 0 Å². The van der Waals surface area contributed by atoms with Gasteiger partial charge in [0.2, 0.25) is 0 Å². The van der Waals surface area contributed by atoms with E-state index in [-0.39, 0.29) is 5.78 Å². The maximum absolute atomic E-state index is 13.9. The molecule has 44 heavy (non-hydrogen) atoms. The van der Waals surface area contributed by atoms with Crippen LogP contribution < -0.4 is 0 Å². The van der Waals surface area contributed by atoms with E-state index in [0.29, 0.717) is 30.8 Å². The summed E-state index contributed by atoms with van der Waals surface area (Å²) in [5, 5.41) is 6.48. The molecule has 0 bridgehead atoms. The first-order valence-corrected chi connectivity index (χ1v) is 15.7. The third-order valence-electron chi connectivity index (χ3n) is 8.70. The van der Waals surface area contributed by atoms with Gasteiger partial charge in [-0.25, -0.2) is 4.79 Å². The monoisotopic (exact) mass is 593 g/mol. The minimum atomic E-state index is -0.639. The number of ether oxygens (including phenoxy) is 1. The number of allylic oxidation sites excluding steroid dienone is 1. The highest BCUT2D eigenvalue weighted by atomic mass is 16.7. The molecule has 1 aromatic heterocycles. The summed E-state index contributed by atoms with van der Waals surface area (Å²) in [6.45, 7) is 13.5. The van der Waals surface area contributed by atoms with Gasteiger partial charge in [-0.3, -0.25) is 9.69 Å². The summed E-state index contributed by atoms with van der Waals surface area (Å²) in [6, 6.07) is 21.3. The molecule has 1 aliphatic heterocycles. The summed E-state index contributed by atoms with van der Waals surface area (Å²) >= 11 is 0. The molecular weight excluding hydrogens is 550 g/mol. The van der Waals surface area contributed by atoms with Crippen molar-refractivity contribution < 1.29 is 19.2 Å². The van der Waals surface area contributed by atoms with E-state index in [9.17, 15) is 9.59 Å². The van der Waals surface area contributed by atoms with Crippen LogP contribution in [0, 0.1) is 0 Å². The molecule has 0 unspecified atom stereocenters. The molecule has 0 N–H and O–H groups in total. The number of morpholine rings is 1. The fraction of sp³-hybridized carbons (Fsp3) is 0.378. The predicted molar refractivity (Wildman–Crippen MR) is 178 cm³/mol. The lowest BCUT2D eigenvalue weighted by Crippen LogP contribution is -2.54. The number of aryl methyl sites for hydroxylation is 1. The lowest BCUT2D eigenvalue weighted by molar-refractivity contribution is -0.00429. The highest BCUT2D eigenvalue weighted by molar-refractivity contribution is 6.14. The van der Waals surface area contributed by atoms with Gasteiger partial charge < -0.3 is 14.1 Å². The van der Waals surface area contributed by atoms with E-state index in [0.717, 1.165) is 78.4 Å². The van der Waals surface area contributed by atoms with E-state index in [1.807, 2.05) is 38.1 Å². The van der Waals surface area contributed by atoms with Gasteiger partial charge in [0.15, 0.2) is 5.78 Å². The molecule has 1 fully saturated rings. The van der Waals surface area contributed by atoms with Crippen LogP contribution >= 0.6 is 0 Å². The number of hydrogen-bond donors (Lipinski definition) is 0. The number of Topliss-reactive ketones (excluding diaryl/α,β-unsaturated/α-hetero) is 1. The largest absolute Gasteiger partial charge is 0.379 e. The maximum Gasteiger partial charge on any atom is 0.365 e. The van der Waals surface area contributed by atoms with Gasteiger partial charge in [0.1, 0.15) is 0 Å². The van der Waals surface area contributed by atoms with Crippen molar-refractivity contribution in [2.24, 2.45) is 5.16 Å². The summed E-state index contributed by atoms with van der Waals surface area (Å²) in [7, 11) is 0. The van der Waals surface area contributed by atoms with Crippen LogP contribution in [-0.4, -0.2) is 58.8 Å². The Morgan fingerprint density at radius 2 is 1.57 bits per heavy atom. The van der Waals surface area contributed by atoms with E-state index in [2.05, 4.69) is 52.4 Å². The number of unbranched alkanes of at least 4 members (excludes halogenated alkanes) is 3. The Labute approximate surface area is 260 Å². The Morgan fingerprint density at radius 1 is 0.909 bits per heavy atom. The Kier molecular flexibility index (Phi) is 10.1. The number of ketones is 1. The molecule has 0 spiro atoms. The van der Waals surface area contributed by atoms with Crippen LogP contribution in [0.1, 0.15) is 79.2 Å². The third-order valence-corrected chi connectivity index (χ3v) is 8.70. The Hall–Kier alpha value is -4.07. The molecule has 0 radical (unpaired) electrons. The number of rotatable bonds is 13. The highest BCUT2D eigenvalue weighted by Crippen LogP contribution is 2.33. The summed E-state index contributed by atoms with van der Waals surface area (Å²) in [4.78, 5) is 34.3. The minimum absolute atomic E-state index is 0.101. The number of hydrogen-bond acceptors (Lipinski definition) is 6. The molecule has 0 atom stereocenters. The van der Waals surface area contributed by atoms with Crippen molar-refractivity contribution in [2.75, 3.05) is 26.3 Å². The molecule has 0 amide bonds. The molecule has 1 aliphatic rings. The molecule has 5 rings (SSSR count). The van der Waals surface area contributed by atoms with Gasteiger partial charge >= 0.3 is 5.97 Å². The first-order chi connectivity index (χ1) is 21.3. The zero-order valence-electron chi connectivity index (χ0n) is 26.2. The van der Waals surface area contributed by atoms with Crippen LogP contribution in [0.25, 0.3) is 21.8 Å². The van der Waals surface area contributed by atoms with Crippen molar-refractivity contribution in [3.8, 4) is 0 Å². The lowest BCUT2D eigenvalue weighted by Gasteiger charge is -2.39. The second-order valence-corrected chi connectivity index (χ2v) is 11.9. The summed E-state index contributed by atoms with van der Waals surface area (Å²) in [6.07, 6.45) is 6.59. The summed E-state index contributed by atoms with van der Waals surface area (Å²) in [5.41, 5.74) is 4.33. The van der Waals surface area contributed by atoms with Crippen molar-refractivity contribution in [1.82, 2.24) is 9.47 Å². The first-order valence-electron chi connectivity index (χ1n) is 15.7. The number of carbonyl (C=O) groups excluding carboxylic acids is 2. The van der Waals surface area contributed by atoms with Crippen molar-refractivity contribution in [3.63, 3.8) is 0 Å². The number of nitrogens with zero attached hydrogens (tertiary/aromatic N) is 3. The Balaban J connectivity index is 1.52. The van der Waals surface area contributed by atoms with Gasteiger partial charge in [0, 0.05) is 52.6 Å². The molecule has 1 saturated heterocycles. The number of benzene rings is 3. The van der Waals surface area contributed by atoms with Crippen LogP contribution in [0.3, 0.4) is 0 Å². The van der Waals surface area contributed by atoms with Gasteiger partial charge in [-0.2, -0.15) is 0 Å². The molecule has 7 nitrogen and oxygen atoms in total. The molecular formula is C37H43N3O4. The van der Waals surface area contributed by atoms with Gasteiger partial charge in [-0.1, -0.05) is 41.9 Å². The van der Waals surface area contributed by atoms with E-state index in [1.54, 1.807) is 24.3 Å². The van der Waals surface area contributed by atoms with Crippen molar-refractivity contribution in [2.45, 2.75) is 65.0 Å². The van der Waals surface area contributed by atoms with Crippen molar-refractivity contribution in [3.05, 3.63) is 96.1 Å². The number of fused-ring (bicyclic) bond motifs is 3. The number of aromatic nitrogens is 1. The maximum atomic E-state index is 13.9. The number of oxime groups is 1. The molecule has 0 saturated carbocycles. The second kappa shape index (κ2) is 14.1. The first kappa shape index (κ1) is 31.4. The fourth-order valence-electron chi connectivity index (χ4n) is 6.11. The van der Waals surface area contributed by atoms with Gasteiger partial charge in [-0.15, -0.1) is 6.58 Å². The molecule has 4 aromatic rings. The van der Waals surface area contributed by atoms with Crippen LogP contribution in [0.2, 0.25) is 0 Å². The van der Waals surface area contributed by atoms with Crippen LogP contribution in [-0.2, 0) is 16.1 Å². The number of carbonyl (C=O) groups is 2. The van der Waals surface area contributed by atoms with Gasteiger partial charge in [0.25, 0.3) is 0 Å². The predicted octanol–water partition coefficient (Wildman–Crippen LogP) is 7.81. The molecule has 230 valence electrons. The normalized spacial score (nSPS) is 14.7. The lowest BCUT2D eigenvalue weighted by atomic mass is 9.90. The topological polar surface area (TPSA) is 73.1 Å². The molecule has 0 aliphatic carbocycles. The summed E-state index contributed by atoms with van der Waals surface area (Å²) < 4.78 is 7.80. The quantitative estimate of drug-likeness (QED) is 0.0395. The minimum Gasteiger partial charge on any atom is -0.379 e. The van der Waals surface area contributed by atoms with E-state index in [1.165, 1.54) is 0 Å². The van der Waals surface area contributed by atoms with Crippen LogP contribution in [0.5, 0.6) is 0 Å². The Bertz CT molecular complexity index is 1660. The van der Waals surface area contributed by atoms with Gasteiger partial charge in [-0.05, 0) is 88.9 Å². The van der Waals surface area contributed by atoms with E-state index >= 15 is 0 Å². The van der Waals surface area contributed by atoms with Crippen molar-refractivity contribution in [1.29, 1.82) is 0 Å². The Morgan fingerprint density at radius 3 is 2.23 bits per heavy atom. The average Bonchev–Trinajstić information content (AvgIpc) is 3.38. The molecule has 3 aromatic carbocycles. The second-order valence-electron chi connectivity index (χ2n) is 11.9. The van der Waals surface area contributed by atoms with E-state index < -0.39 is 11.5 Å². The highest BCUT2D eigenvalue weighted by Gasteiger charge is 2.36.